The Kier molecular flexibility index (Phi) is 4.25. The van der Waals surface area contributed by atoms with Crippen LogP contribution in [0, 0.1) is 0 Å². The van der Waals surface area contributed by atoms with Crippen molar-refractivity contribution in [2.75, 3.05) is 5.32 Å². The van der Waals surface area contributed by atoms with Gasteiger partial charge in [-0.2, -0.15) is 0 Å². The Labute approximate surface area is 107 Å². The van der Waals surface area contributed by atoms with Crippen LogP contribution in [0.5, 0.6) is 0 Å². The Morgan fingerprint density at radius 2 is 1.94 bits per heavy atom. The molecule has 0 fully saturated rings. The first kappa shape index (κ1) is 12.5. The molecule has 1 heterocycles. The van der Waals surface area contributed by atoms with Crippen molar-refractivity contribution >= 4 is 5.82 Å². The molecule has 94 valence electrons. The Morgan fingerprint density at radius 3 is 2.67 bits per heavy atom. The second kappa shape index (κ2) is 6.12. The number of aromatic nitrogens is 2. The highest BCUT2D eigenvalue weighted by molar-refractivity contribution is 5.37. The molecule has 0 aliphatic rings. The van der Waals surface area contributed by atoms with E-state index in [-0.39, 0.29) is 0 Å². The molecule has 0 saturated carbocycles. The monoisotopic (exact) mass is 242 g/mol. The molecule has 0 spiro atoms. The molecule has 0 unspecified atom stereocenters. The van der Waals surface area contributed by atoms with Crippen molar-refractivity contribution in [2.24, 2.45) is 5.73 Å². The molecule has 4 heteroatoms. The summed E-state index contributed by atoms with van der Waals surface area (Å²) in [5, 5.41) is 3.30. The maximum absolute atomic E-state index is 5.71. The Morgan fingerprint density at radius 1 is 1.17 bits per heavy atom. The van der Waals surface area contributed by atoms with E-state index in [4.69, 9.17) is 5.73 Å². The fourth-order valence-corrected chi connectivity index (χ4v) is 1.80. The lowest BCUT2D eigenvalue weighted by Crippen LogP contribution is -2.07. The van der Waals surface area contributed by atoms with Crippen molar-refractivity contribution in [3.8, 4) is 0 Å². The van der Waals surface area contributed by atoms with E-state index in [0.29, 0.717) is 6.54 Å². The average Bonchev–Trinajstić information content (AvgIpc) is 2.45. The van der Waals surface area contributed by atoms with E-state index in [2.05, 4.69) is 34.3 Å². The van der Waals surface area contributed by atoms with Gasteiger partial charge in [-0.25, -0.2) is 9.97 Å². The maximum atomic E-state index is 5.71. The first-order valence-corrected chi connectivity index (χ1v) is 6.15. The van der Waals surface area contributed by atoms with Gasteiger partial charge in [-0.15, -0.1) is 0 Å². The lowest BCUT2D eigenvalue weighted by molar-refractivity contribution is 0.973. The van der Waals surface area contributed by atoms with Crippen molar-refractivity contribution in [1.29, 1.82) is 0 Å². The highest BCUT2D eigenvalue weighted by Gasteiger charge is 2.01. The van der Waals surface area contributed by atoms with Gasteiger partial charge < -0.3 is 11.1 Å². The van der Waals surface area contributed by atoms with Crippen LogP contribution in [-0.2, 0) is 19.5 Å². The smallest absolute Gasteiger partial charge is 0.129 e. The molecule has 0 aliphatic carbocycles. The number of aryl methyl sites for hydroxylation is 1. The number of nitrogens with two attached hydrogens (primary N) is 1. The van der Waals surface area contributed by atoms with E-state index in [1.807, 2.05) is 18.2 Å². The van der Waals surface area contributed by atoms with Crippen LogP contribution in [0.15, 0.2) is 36.7 Å². The number of benzene rings is 1. The van der Waals surface area contributed by atoms with Gasteiger partial charge >= 0.3 is 0 Å². The molecule has 3 N–H and O–H groups in total. The molecule has 1 aromatic carbocycles. The van der Waals surface area contributed by atoms with Crippen LogP contribution in [-0.4, -0.2) is 9.97 Å². The summed E-state index contributed by atoms with van der Waals surface area (Å²) in [7, 11) is 0. The van der Waals surface area contributed by atoms with Crippen LogP contribution in [0.3, 0.4) is 0 Å². The minimum absolute atomic E-state index is 0.557. The lowest BCUT2D eigenvalue weighted by atomic mass is 10.1. The largest absolute Gasteiger partial charge is 0.366 e. The zero-order valence-corrected chi connectivity index (χ0v) is 10.6. The Bertz CT molecular complexity index is 511. The fraction of sp³-hybridized carbons (Fsp3) is 0.286. The highest BCUT2D eigenvalue weighted by Crippen LogP contribution is 2.11. The summed E-state index contributed by atoms with van der Waals surface area (Å²) in [5.74, 6) is 0.855. The van der Waals surface area contributed by atoms with Crippen molar-refractivity contribution < 1.29 is 0 Å². The SMILES string of the molecule is CCc1cc(NCc2ccccc2CN)ncn1. The van der Waals surface area contributed by atoms with Crippen LogP contribution < -0.4 is 11.1 Å². The van der Waals surface area contributed by atoms with Crippen molar-refractivity contribution in [3.05, 3.63) is 53.5 Å². The average molecular weight is 242 g/mol. The summed E-state index contributed by atoms with van der Waals surface area (Å²) in [6, 6.07) is 10.1. The number of hydrogen-bond acceptors (Lipinski definition) is 4. The van der Waals surface area contributed by atoms with Gasteiger partial charge in [0.05, 0.1) is 0 Å². The van der Waals surface area contributed by atoms with E-state index < -0.39 is 0 Å². The quantitative estimate of drug-likeness (QED) is 0.843. The third kappa shape index (κ3) is 3.05. The van der Waals surface area contributed by atoms with Gasteiger partial charge in [0, 0.05) is 24.8 Å². The predicted molar refractivity (Wildman–Crippen MR) is 73.1 cm³/mol. The topological polar surface area (TPSA) is 63.8 Å². The van der Waals surface area contributed by atoms with Crippen molar-refractivity contribution in [1.82, 2.24) is 9.97 Å². The molecule has 1 aromatic heterocycles. The molecular weight excluding hydrogens is 224 g/mol. The highest BCUT2D eigenvalue weighted by atomic mass is 15.0. The zero-order valence-electron chi connectivity index (χ0n) is 10.6. The van der Waals surface area contributed by atoms with Gasteiger partial charge in [0.2, 0.25) is 0 Å². The number of rotatable bonds is 5. The molecule has 0 aliphatic heterocycles. The third-order valence-corrected chi connectivity index (χ3v) is 2.88. The molecule has 0 saturated heterocycles. The second-order valence-corrected chi connectivity index (χ2v) is 4.07. The van der Waals surface area contributed by atoms with E-state index in [9.17, 15) is 0 Å². The molecule has 0 bridgehead atoms. The van der Waals surface area contributed by atoms with Crippen LogP contribution in [0.25, 0.3) is 0 Å². The Balaban J connectivity index is 2.06. The molecule has 2 rings (SSSR count). The van der Waals surface area contributed by atoms with Gasteiger partial charge in [0.15, 0.2) is 0 Å². The van der Waals surface area contributed by atoms with Crippen LogP contribution in [0.1, 0.15) is 23.7 Å². The summed E-state index contributed by atoms with van der Waals surface area (Å²) < 4.78 is 0. The van der Waals surface area contributed by atoms with Crippen molar-refractivity contribution in [2.45, 2.75) is 26.4 Å². The zero-order chi connectivity index (χ0) is 12.8. The summed E-state index contributed by atoms with van der Waals surface area (Å²) in [4.78, 5) is 8.38. The van der Waals surface area contributed by atoms with E-state index in [1.54, 1.807) is 6.33 Å². The number of nitrogens with zero attached hydrogens (tertiary/aromatic N) is 2. The van der Waals surface area contributed by atoms with Gasteiger partial charge in [-0.1, -0.05) is 31.2 Å². The predicted octanol–water partition coefficient (Wildman–Crippen LogP) is 2.11. The summed E-state index contributed by atoms with van der Waals surface area (Å²) >= 11 is 0. The lowest BCUT2D eigenvalue weighted by Gasteiger charge is -2.09. The number of anilines is 1. The summed E-state index contributed by atoms with van der Waals surface area (Å²) in [5.41, 5.74) is 9.12. The van der Waals surface area contributed by atoms with E-state index in [0.717, 1.165) is 30.0 Å². The van der Waals surface area contributed by atoms with E-state index in [1.165, 1.54) is 5.56 Å². The van der Waals surface area contributed by atoms with Crippen molar-refractivity contribution in [3.63, 3.8) is 0 Å². The minimum Gasteiger partial charge on any atom is -0.366 e. The fourth-order valence-electron chi connectivity index (χ4n) is 1.80. The first-order valence-electron chi connectivity index (χ1n) is 6.15. The van der Waals surface area contributed by atoms with Gasteiger partial charge in [0.1, 0.15) is 12.1 Å². The maximum Gasteiger partial charge on any atom is 0.129 e. The van der Waals surface area contributed by atoms with Crippen LogP contribution in [0.4, 0.5) is 5.82 Å². The molecule has 2 aromatic rings. The Hall–Kier alpha value is -1.94. The normalized spacial score (nSPS) is 10.3. The van der Waals surface area contributed by atoms with E-state index >= 15 is 0 Å². The van der Waals surface area contributed by atoms with Crippen LogP contribution >= 0.6 is 0 Å². The number of nitrogens with one attached hydrogen (secondary N) is 1. The molecule has 0 radical (unpaired) electrons. The second-order valence-electron chi connectivity index (χ2n) is 4.07. The van der Waals surface area contributed by atoms with Gasteiger partial charge in [-0.3, -0.25) is 0 Å². The third-order valence-electron chi connectivity index (χ3n) is 2.88. The summed E-state index contributed by atoms with van der Waals surface area (Å²) in [6.45, 7) is 3.37. The molecule has 0 atom stereocenters. The van der Waals surface area contributed by atoms with Crippen LogP contribution in [0.2, 0.25) is 0 Å². The van der Waals surface area contributed by atoms with Gasteiger partial charge in [-0.05, 0) is 17.5 Å². The molecule has 18 heavy (non-hydrogen) atoms. The first-order chi connectivity index (χ1) is 8.83. The summed E-state index contributed by atoms with van der Waals surface area (Å²) in [6.07, 6.45) is 2.51. The standard InChI is InChI=1S/C14H18N4/c1-2-13-7-14(18-10-17-13)16-9-12-6-4-3-5-11(12)8-15/h3-7,10H,2,8-9,15H2,1H3,(H,16,17,18). The molecule has 4 nitrogen and oxygen atoms in total. The van der Waals surface area contributed by atoms with Gasteiger partial charge in [0.25, 0.3) is 0 Å². The number of hydrogen-bond donors (Lipinski definition) is 2. The minimum atomic E-state index is 0.557. The molecule has 0 amide bonds. The molecular formula is C14H18N4.